The molecule has 1 saturated carbocycles. The molecule has 0 bridgehead atoms. The molecule has 1 aromatic carbocycles. The number of likely N-dealkylation sites (tertiary alicyclic amines) is 1. The van der Waals surface area contributed by atoms with Crippen LogP contribution < -0.4 is 9.64 Å². The van der Waals surface area contributed by atoms with Crippen LogP contribution in [0.2, 0.25) is 0 Å². The number of aromatic nitrogens is 2. The van der Waals surface area contributed by atoms with Crippen LogP contribution in [0.3, 0.4) is 0 Å². The van der Waals surface area contributed by atoms with Crippen molar-refractivity contribution in [3.8, 4) is 5.75 Å². The molecular formula is C24H31FN4O4. The lowest BCUT2D eigenvalue weighted by atomic mass is 9.82. The van der Waals surface area contributed by atoms with Gasteiger partial charge in [-0.15, -0.1) is 5.10 Å². The smallest absolute Gasteiger partial charge is 0.318 e. The third kappa shape index (κ3) is 4.11. The number of hydrogen-bond donors (Lipinski definition) is 1. The Balaban J connectivity index is 1.04. The second kappa shape index (κ2) is 8.52. The van der Waals surface area contributed by atoms with Crippen LogP contribution in [0.5, 0.6) is 5.75 Å². The molecule has 8 nitrogen and oxygen atoms in total. The Morgan fingerprint density at radius 2 is 2.03 bits per heavy atom. The van der Waals surface area contributed by atoms with Crippen molar-refractivity contribution in [1.82, 2.24) is 15.1 Å². The highest BCUT2D eigenvalue weighted by atomic mass is 19.1. The first-order valence-electron chi connectivity index (χ1n) is 12.1. The number of aliphatic hydroxyl groups excluding tert-OH is 1. The number of aliphatic hydroxyl groups is 1. The Bertz CT molecular complexity index is 953. The number of ether oxygens (including phenoxy) is 2. The molecule has 0 amide bonds. The number of hydrogen-bond acceptors (Lipinski definition) is 8. The molecule has 4 heterocycles. The third-order valence-electron chi connectivity index (χ3n) is 7.97. The predicted molar refractivity (Wildman–Crippen MR) is 118 cm³/mol. The summed E-state index contributed by atoms with van der Waals surface area (Å²) in [5, 5.41) is 17.0. The van der Waals surface area contributed by atoms with Crippen molar-refractivity contribution in [1.29, 1.82) is 0 Å². The summed E-state index contributed by atoms with van der Waals surface area (Å²) in [5.74, 6) is 1.25. The van der Waals surface area contributed by atoms with Gasteiger partial charge in [-0.2, -0.15) is 0 Å². The number of anilines is 1. The van der Waals surface area contributed by atoms with Crippen molar-refractivity contribution in [2.75, 3.05) is 44.3 Å². The van der Waals surface area contributed by atoms with E-state index in [1.165, 1.54) is 12.5 Å². The minimum Gasteiger partial charge on any atom is -0.490 e. The lowest BCUT2D eigenvalue weighted by Gasteiger charge is -2.46. The first kappa shape index (κ1) is 21.3. The highest BCUT2D eigenvalue weighted by molar-refractivity contribution is 5.38. The normalized spacial score (nSPS) is 29.8. The fraction of sp³-hybridized carbons (Fsp3) is 0.667. The largest absolute Gasteiger partial charge is 0.490 e. The van der Waals surface area contributed by atoms with Crippen LogP contribution in [0.1, 0.15) is 43.6 Å². The maximum Gasteiger partial charge on any atom is 0.318 e. The van der Waals surface area contributed by atoms with Crippen molar-refractivity contribution in [3.05, 3.63) is 36.0 Å². The molecular weight excluding hydrogens is 427 g/mol. The molecule has 6 rings (SSSR count). The molecule has 4 aliphatic rings. The number of halogens is 1. The summed E-state index contributed by atoms with van der Waals surface area (Å²) < 4.78 is 31.8. The van der Waals surface area contributed by atoms with Gasteiger partial charge in [0.2, 0.25) is 6.39 Å². The van der Waals surface area contributed by atoms with Gasteiger partial charge in [0.05, 0.1) is 25.8 Å². The van der Waals surface area contributed by atoms with E-state index in [-0.39, 0.29) is 24.1 Å². The zero-order valence-corrected chi connectivity index (χ0v) is 18.7. The van der Waals surface area contributed by atoms with E-state index < -0.39 is 0 Å². The lowest BCUT2D eigenvalue weighted by Crippen LogP contribution is -2.62. The molecule has 9 heteroatoms. The van der Waals surface area contributed by atoms with Crippen molar-refractivity contribution in [2.24, 2.45) is 5.92 Å². The predicted octanol–water partition coefficient (Wildman–Crippen LogP) is 2.59. The van der Waals surface area contributed by atoms with Crippen LogP contribution in [0, 0.1) is 11.7 Å². The standard InChI is InChI=1S/C24H31FN4O4/c25-18-1-2-22(33-20-7-16(8-20)11-30)21(9-18)17-3-5-28(6-4-17)19-10-24(32-12-19)13-29(14-24)23-27-26-15-31-23/h1-2,9,15-17,19-20,30H,3-8,10-14H2/t16-,19-,20+/m0/s1. The number of rotatable bonds is 6. The summed E-state index contributed by atoms with van der Waals surface area (Å²) in [6.45, 7) is 4.53. The van der Waals surface area contributed by atoms with Gasteiger partial charge in [0.1, 0.15) is 17.2 Å². The summed E-state index contributed by atoms with van der Waals surface area (Å²) in [6.07, 6.45) is 6.23. The molecule has 1 aromatic heterocycles. The van der Waals surface area contributed by atoms with Crippen LogP contribution in [0.4, 0.5) is 10.4 Å². The molecule has 3 saturated heterocycles. The minimum atomic E-state index is -0.205. The average molecular weight is 459 g/mol. The summed E-state index contributed by atoms with van der Waals surface area (Å²) in [6, 6.07) is 5.91. The van der Waals surface area contributed by atoms with Gasteiger partial charge in [0, 0.05) is 18.2 Å². The Morgan fingerprint density at radius 1 is 1.21 bits per heavy atom. The van der Waals surface area contributed by atoms with E-state index in [0.29, 0.717) is 23.9 Å². The molecule has 2 aromatic rings. The van der Waals surface area contributed by atoms with Gasteiger partial charge in [-0.1, -0.05) is 5.10 Å². The van der Waals surface area contributed by atoms with E-state index >= 15 is 0 Å². The van der Waals surface area contributed by atoms with Gasteiger partial charge in [-0.05, 0) is 75.2 Å². The molecule has 3 aliphatic heterocycles. The fourth-order valence-electron chi connectivity index (χ4n) is 5.99. The highest BCUT2D eigenvalue weighted by Gasteiger charge is 2.52. The summed E-state index contributed by atoms with van der Waals surface area (Å²) in [4.78, 5) is 4.61. The van der Waals surface area contributed by atoms with Gasteiger partial charge in [-0.25, -0.2) is 4.39 Å². The highest BCUT2D eigenvalue weighted by Crippen LogP contribution is 2.42. The van der Waals surface area contributed by atoms with Crippen LogP contribution in [0.25, 0.3) is 0 Å². The Morgan fingerprint density at radius 3 is 2.76 bits per heavy atom. The van der Waals surface area contributed by atoms with Gasteiger partial charge < -0.3 is 23.9 Å². The topological polar surface area (TPSA) is 84.1 Å². The zero-order chi connectivity index (χ0) is 22.4. The zero-order valence-electron chi connectivity index (χ0n) is 18.7. The van der Waals surface area contributed by atoms with E-state index in [9.17, 15) is 9.50 Å². The second-order valence-corrected chi connectivity index (χ2v) is 10.2. The number of nitrogens with zero attached hydrogens (tertiary/aromatic N) is 4. The van der Waals surface area contributed by atoms with Gasteiger partial charge in [0.15, 0.2) is 0 Å². The molecule has 1 spiro atoms. The summed E-state index contributed by atoms with van der Waals surface area (Å²) in [5.41, 5.74) is 0.893. The first-order valence-corrected chi connectivity index (χ1v) is 12.1. The maximum atomic E-state index is 14.1. The van der Waals surface area contributed by atoms with Crippen molar-refractivity contribution >= 4 is 6.01 Å². The molecule has 1 atom stereocenters. The lowest BCUT2D eigenvalue weighted by molar-refractivity contribution is -0.0216. The molecule has 1 aliphatic carbocycles. The molecule has 33 heavy (non-hydrogen) atoms. The summed E-state index contributed by atoms with van der Waals surface area (Å²) in [7, 11) is 0. The average Bonchev–Trinajstić information content (AvgIpc) is 3.46. The van der Waals surface area contributed by atoms with Gasteiger partial charge in [-0.3, -0.25) is 4.90 Å². The van der Waals surface area contributed by atoms with Crippen LogP contribution in [0.15, 0.2) is 29.0 Å². The first-order chi connectivity index (χ1) is 16.1. The van der Waals surface area contributed by atoms with Crippen molar-refractivity contribution in [2.45, 2.75) is 55.8 Å². The van der Waals surface area contributed by atoms with E-state index in [4.69, 9.17) is 13.9 Å². The molecule has 0 unspecified atom stereocenters. The van der Waals surface area contributed by atoms with E-state index in [2.05, 4.69) is 20.0 Å². The quantitative estimate of drug-likeness (QED) is 0.707. The molecule has 1 N–H and O–H groups in total. The Kier molecular flexibility index (Phi) is 5.50. The maximum absolute atomic E-state index is 14.1. The third-order valence-corrected chi connectivity index (χ3v) is 7.97. The fourth-order valence-corrected chi connectivity index (χ4v) is 5.99. The van der Waals surface area contributed by atoms with E-state index in [0.717, 1.165) is 76.2 Å². The monoisotopic (exact) mass is 458 g/mol. The SMILES string of the molecule is OC[C@H]1C[C@@H](Oc2ccc(F)cc2C2CCN([C@@H]3COC4(C3)CN(c3nnco3)C4)CC2)C1. The number of benzene rings is 1. The minimum absolute atomic E-state index is 0.102. The second-order valence-electron chi connectivity index (χ2n) is 10.2. The van der Waals surface area contributed by atoms with Crippen LogP contribution >= 0.6 is 0 Å². The number of piperidine rings is 1. The molecule has 4 fully saturated rings. The van der Waals surface area contributed by atoms with E-state index in [1.807, 2.05) is 0 Å². The van der Waals surface area contributed by atoms with Gasteiger partial charge >= 0.3 is 6.01 Å². The molecule has 0 radical (unpaired) electrons. The van der Waals surface area contributed by atoms with Crippen LogP contribution in [-0.4, -0.2) is 77.3 Å². The Labute approximate surface area is 192 Å². The van der Waals surface area contributed by atoms with Crippen LogP contribution in [-0.2, 0) is 4.74 Å². The van der Waals surface area contributed by atoms with Crippen molar-refractivity contribution < 1.29 is 23.4 Å². The van der Waals surface area contributed by atoms with Gasteiger partial charge in [0.25, 0.3) is 0 Å². The van der Waals surface area contributed by atoms with Crippen molar-refractivity contribution in [3.63, 3.8) is 0 Å². The Hall–Kier alpha value is -2.23. The summed E-state index contributed by atoms with van der Waals surface area (Å²) >= 11 is 0. The van der Waals surface area contributed by atoms with E-state index in [1.54, 1.807) is 12.1 Å². The molecule has 178 valence electrons.